The number of ether oxygens (including phenoxy) is 4. The lowest BCUT2D eigenvalue weighted by atomic mass is 10.2. The summed E-state index contributed by atoms with van der Waals surface area (Å²) in [6.45, 7) is 4.31. The molecule has 0 aliphatic rings. The first kappa shape index (κ1) is 21.0. The monoisotopic (exact) mass is 337 g/mol. The van der Waals surface area contributed by atoms with Crippen molar-refractivity contribution < 1.29 is 33.0 Å². The van der Waals surface area contributed by atoms with Crippen molar-refractivity contribution in [1.82, 2.24) is 5.32 Å². The van der Waals surface area contributed by atoms with Gasteiger partial charge in [-0.1, -0.05) is 0 Å². The minimum atomic E-state index is -0.915. The van der Waals surface area contributed by atoms with Gasteiger partial charge in [0.05, 0.1) is 26.2 Å². The molecule has 8 nitrogen and oxygen atoms in total. The van der Waals surface area contributed by atoms with Crippen molar-refractivity contribution in [1.29, 1.82) is 0 Å². The molecule has 0 aliphatic carbocycles. The molecule has 0 amide bonds. The van der Waals surface area contributed by atoms with Crippen LogP contribution in [0.3, 0.4) is 0 Å². The molecule has 1 atom stereocenters. The Hall–Kier alpha value is -1.00. The van der Waals surface area contributed by atoms with Crippen LogP contribution in [0.4, 0.5) is 0 Å². The smallest absolute Gasteiger partial charge is 0.323 e. The fourth-order valence-corrected chi connectivity index (χ4v) is 2.56. The molecule has 0 heterocycles. The Balaban J connectivity index is 4.12. The summed E-state index contributed by atoms with van der Waals surface area (Å²) in [6, 6.07) is -0.712. The molecule has 0 aliphatic heterocycles. The SMILES string of the molecule is CCOC(=O)CC(NC[SiH2]OCC(OC)OC)C(=O)OCC. The van der Waals surface area contributed by atoms with Gasteiger partial charge in [-0.15, -0.1) is 0 Å². The van der Waals surface area contributed by atoms with E-state index in [0.29, 0.717) is 12.8 Å². The Labute approximate surface area is 133 Å². The van der Waals surface area contributed by atoms with Gasteiger partial charge in [-0.2, -0.15) is 0 Å². The third-order valence-electron chi connectivity index (χ3n) is 2.66. The standard InChI is InChI=1S/C13H27NO7Si/c1-5-19-11(15)7-10(13(16)20-6-2)14-9-22-21-8-12(17-3)18-4/h10,12,14H,5-9,22H2,1-4H3. The second-order valence-corrected chi connectivity index (χ2v) is 5.56. The van der Waals surface area contributed by atoms with E-state index in [1.54, 1.807) is 13.8 Å². The van der Waals surface area contributed by atoms with Crippen molar-refractivity contribution in [2.24, 2.45) is 0 Å². The topological polar surface area (TPSA) is 92.3 Å². The highest BCUT2D eigenvalue weighted by Crippen LogP contribution is 1.99. The fraction of sp³-hybridized carbons (Fsp3) is 0.846. The molecule has 0 bridgehead atoms. The molecular formula is C13H27NO7Si. The molecular weight excluding hydrogens is 310 g/mol. The van der Waals surface area contributed by atoms with Crippen LogP contribution in [0.15, 0.2) is 0 Å². The van der Waals surface area contributed by atoms with Gasteiger partial charge in [-0.05, 0) is 13.8 Å². The van der Waals surface area contributed by atoms with Crippen LogP contribution < -0.4 is 5.32 Å². The minimum absolute atomic E-state index is 0.0557. The molecule has 0 aromatic heterocycles. The maximum Gasteiger partial charge on any atom is 0.323 e. The van der Waals surface area contributed by atoms with Gasteiger partial charge in [-0.3, -0.25) is 9.59 Å². The van der Waals surface area contributed by atoms with Gasteiger partial charge in [-0.25, -0.2) is 0 Å². The molecule has 1 unspecified atom stereocenters. The minimum Gasteiger partial charge on any atom is -0.466 e. The van der Waals surface area contributed by atoms with Gasteiger partial charge in [0.25, 0.3) is 0 Å². The Morgan fingerprint density at radius 2 is 1.73 bits per heavy atom. The van der Waals surface area contributed by atoms with Crippen LogP contribution in [0.25, 0.3) is 0 Å². The molecule has 0 aromatic rings. The van der Waals surface area contributed by atoms with E-state index >= 15 is 0 Å². The second-order valence-electron chi connectivity index (χ2n) is 4.24. The Morgan fingerprint density at radius 3 is 2.27 bits per heavy atom. The predicted molar refractivity (Wildman–Crippen MR) is 82.0 cm³/mol. The van der Waals surface area contributed by atoms with Gasteiger partial charge in [0.15, 0.2) is 16.1 Å². The zero-order valence-corrected chi connectivity index (χ0v) is 15.2. The van der Waals surface area contributed by atoms with Gasteiger partial charge >= 0.3 is 11.9 Å². The van der Waals surface area contributed by atoms with Crippen LogP contribution in [0.2, 0.25) is 0 Å². The molecule has 0 aromatic carbocycles. The van der Waals surface area contributed by atoms with E-state index in [4.69, 9.17) is 23.4 Å². The van der Waals surface area contributed by atoms with Crippen LogP contribution in [0.5, 0.6) is 0 Å². The summed E-state index contributed by atoms with van der Waals surface area (Å²) in [5.41, 5.74) is 0. The third-order valence-corrected chi connectivity index (χ3v) is 3.68. The van der Waals surface area contributed by atoms with E-state index in [1.807, 2.05) is 0 Å². The van der Waals surface area contributed by atoms with Crippen molar-refractivity contribution in [2.75, 3.05) is 40.2 Å². The first-order valence-corrected chi connectivity index (χ1v) is 8.85. The lowest BCUT2D eigenvalue weighted by Gasteiger charge is -2.17. The summed E-state index contributed by atoms with van der Waals surface area (Å²) in [4.78, 5) is 23.3. The van der Waals surface area contributed by atoms with Crippen molar-refractivity contribution in [3.63, 3.8) is 0 Å². The largest absolute Gasteiger partial charge is 0.466 e. The summed E-state index contributed by atoms with van der Waals surface area (Å²) in [5, 5.41) is 2.98. The average Bonchev–Trinajstić information content (AvgIpc) is 2.50. The van der Waals surface area contributed by atoms with E-state index in [2.05, 4.69) is 5.32 Å². The summed E-state index contributed by atoms with van der Waals surface area (Å²) in [5.74, 6) is -0.898. The highest BCUT2D eigenvalue weighted by molar-refractivity contribution is 6.27. The highest BCUT2D eigenvalue weighted by atomic mass is 28.2. The third kappa shape index (κ3) is 9.85. The molecule has 130 valence electrons. The number of esters is 2. The number of carbonyl (C=O) groups excluding carboxylic acids is 2. The van der Waals surface area contributed by atoms with Gasteiger partial charge in [0.2, 0.25) is 0 Å². The van der Waals surface area contributed by atoms with Crippen LogP contribution in [-0.2, 0) is 33.0 Å². The zero-order valence-electron chi connectivity index (χ0n) is 13.8. The maximum absolute atomic E-state index is 11.8. The maximum atomic E-state index is 11.8. The summed E-state index contributed by atoms with van der Waals surface area (Å²) >= 11 is 0. The molecule has 22 heavy (non-hydrogen) atoms. The Morgan fingerprint density at radius 1 is 1.09 bits per heavy atom. The number of hydrogen-bond acceptors (Lipinski definition) is 8. The number of hydrogen-bond donors (Lipinski definition) is 1. The number of methoxy groups -OCH3 is 2. The van der Waals surface area contributed by atoms with Gasteiger partial charge in [0, 0.05) is 20.4 Å². The van der Waals surface area contributed by atoms with Crippen molar-refractivity contribution in [3.8, 4) is 0 Å². The summed E-state index contributed by atoms with van der Waals surface area (Å²) < 4.78 is 25.3. The van der Waals surface area contributed by atoms with E-state index in [9.17, 15) is 9.59 Å². The van der Waals surface area contributed by atoms with E-state index in [-0.39, 0.29) is 19.6 Å². The molecule has 9 heteroatoms. The lowest BCUT2D eigenvalue weighted by molar-refractivity contribution is -0.152. The molecule has 1 N–H and O–H groups in total. The summed E-state index contributed by atoms with van der Waals surface area (Å²) in [7, 11) is 2.16. The summed E-state index contributed by atoms with van der Waals surface area (Å²) in [6.07, 6.45) is 0.0657. The Kier molecular flexibility index (Phi) is 13.0. The lowest BCUT2D eigenvalue weighted by Crippen LogP contribution is -2.42. The molecule has 0 saturated carbocycles. The first-order valence-electron chi connectivity index (χ1n) is 7.27. The average molecular weight is 337 g/mol. The molecule has 0 rings (SSSR count). The number of rotatable bonds is 13. The second kappa shape index (κ2) is 13.6. The van der Waals surface area contributed by atoms with Crippen molar-refractivity contribution >= 4 is 21.7 Å². The zero-order chi connectivity index (χ0) is 16.8. The van der Waals surface area contributed by atoms with Gasteiger partial charge in [0.1, 0.15) is 6.04 Å². The quantitative estimate of drug-likeness (QED) is 0.201. The van der Waals surface area contributed by atoms with E-state index in [1.165, 1.54) is 14.2 Å². The number of carbonyl (C=O) groups is 2. The Bertz CT molecular complexity index is 313. The predicted octanol–water partition coefficient (Wildman–Crippen LogP) is -0.862. The first-order chi connectivity index (χ1) is 10.6. The normalized spacial score (nSPS) is 12.8. The van der Waals surface area contributed by atoms with Crippen LogP contribution in [0, 0.1) is 0 Å². The highest BCUT2D eigenvalue weighted by Gasteiger charge is 2.23. The van der Waals surface area contributed by atoms with Crippen molar-refractivity contribution in [2.45, 2.75) is 32.6 Å². The molecule has 0 fully saturated rings. The van der Waals surface area contributed by atoms with Crippen LogP contribution >= 0.6 is 0 Å². The van der Waals surface area contributed by atoms with Crippen LogP contribution in [0.1, 0.15) is 20.3 Å². The van der Waals surface area contributed by atoms with Crippen molar-refractivity contribution in [3.05, 3.63) is 0 Å². The van der Waals surface area contributed by atoms with E-state index < -0.39 is 34.0 Å². The molecule has 0 saturated heterocycles. The molecule has 0 radical (unpaired) electrons. The van der Waals surface area contributed by atoms with E-state index in [0.717, 1.165) is 0 Å². The molecule has 0 spiro atoms. The number of nitrogens with one attached hydrogen (secondary N) is 1. The van der Waals surface area contributed by atoms with Crippen LogP contribution in [-0.4, -0.2) is 74.2 Å². The fourth-order valence-electron chi connectivity index (χ4n) is 1.59. The van der Waals surface area contributed by atoms with Gasteiger partial charge < -0.3 is 28.7 Å².